The molecule has 1 aromatic heterocycles. The number of nitriles is 1. The molecule has 0 saturated heterocycles. The Morgan fingerprint density at radius 2 is 2.12 bits per heavy atom. The highest BCUT2D eigenvalue weighted by Crippen LogP contribution is 2.23. The van der Waals surface area contributed by atoms with Crippen molar-refractivity contribution in [2.45, 2.75) is 40.7 Å². The van der Waals surface area contributed by atoms with Crippen molar-refractivity contribution >= 4 is 5.91 Å². The molecule has 4 heteroatoms. The fourth-order valence-corrected chi connectivity index (χ4v) is 1.59. The van der Waals surface area contributed by atoms with Crippen LogP contribution in [0, 0.1) is 30.6 Å². The molecule has 0 bridgehead atoms. The van der Waals surface area contributed by atoms with E-state index in [9.17, 15) is 4.79 Å². The minimum atomic E-state index is -1.01. The van der Waals surface area contributed by atoms with E-state index in [4.69, 9.17) is 9.68 Å². The lowest BCUT2D eigenvalue weighted by Crippen LogP contribution is -2.37. The number of amides is 1. The summed E-state index contributed by atoms with van der Waals surface area (Å²) in [4.78, 5) is 11.8. The highest BCUT2D eigenvalue weighted by atomic mass is 16.3. The number of furan rings is 1. The van der Waals surface area contributed by atoms with Crippen LogP contribution < -0.4 is 5.32 Å². The van der Waals surface area contributed by atoms with Crippen molar-refractivity contribution in [2.75, 3.05) is 0 Å². The average molecular weight is 234 g/mol. The van der Waals surface area contributed by atoms with Gasteiger partial charge in [-0.15, -0.1) is 0 Å². The third-order valence-electron chi connectivity index (χ3n) is 2.74. The van der Waals surface area contributed by atoms with E-state index in [2.05, 4.69) is 5.32 Å². The summed E-state index contributed by atoms with van der Waals surface area (Å²) in [6, 6.07) is 3.73. The molecule has 0 spiro atoms. The lowest BCUT2D eigenvalue weighted by atomic mass is 9.94. The van der Waals surface area contributed by atoms with E-state index in [0.29, 0.717) is 0 Å². The number of hydrogen-bond acceptors (Lipinski definition) is 3. The van der Waals surface area contributed by atoms with E-state index in [1.807, 2.05) is 32.9 Å². The molecular weight excluding hydrogens is 216 g/mol. The van der Waals surface area contributed by atoms with Crippen LogP contribution in [0.15, 0.2) is 10.5 Å². The van der Waals surface area contributed by atoms with Crippen molar-refractivity contribution in [3.63, 3.8) is 0 Å². The maximum atomic E-state index is 11.8. The van der Waals surface area contributed by atoms with Gasteiger partial charge in [0.15, 0.2) is 0 Å². The van der Waals surface area contributed by atoms with Gasteiger partial charge in [-0.25, -0.2) is 0 Å². The van der Waals surface area contributed by atoms with E-state index in [-0.39, 0.29) is 11.9 Å². The third kappa shape index (κ3) is 2.88. The highest BCUT2D eigenvalue weighted by Gasteiger charge is 2.29. The number of nitrogens with one attached hydrogen (secondary N) is 1. The van der Waals surface area contributed by atoms with Gasteiger partial charge in [0, 0.05) is 5.56 Å². The topological polar surface area (TPSA) is 66.0 Å². The Labute approximate surface area is 102 Å². The van der Waals surface area contributed by atoms with Crippen LogP contribution in [0.1, 0.15) is 43.9 Å². The van der Waals surface area contributed by atoms with Crippen LogP contribution in [0.4, 0.5) is 0 Å². The fourth-order valence-electron chi connectivity index (χ4n) is 1.59. The first-order chi connectivity index (χ1) is 7.77. The van der Waals surface area contributed by atoms with Crippen molar-refractivity contribution in [3.8, 4) is 6.07 Å². The number of aryl methyl sites for hydroxylation is 2. The van der Waals surface area contributed by atoms with Gasteiger partial charge in [0.25, 0.3) is 0 Å². The van der Waals surface area contributed by atoms with Crippen LogP contribution >= 0.6 is 0 Å². The Balaban J connectivity index is 2.81. The predicted octanol–water partition coefficient (Wildman–Crippen LogP) is 2.62. The van der Waals surface area contributed by atoms with E-state index < -0.39 is 5.41 Å². The van der Waals surface area contributed by atoms with E-state index >= 15 is 0 Å². The van der Waals surface area contributed by atoms with E-state index in [1.54, 1.807) is 13.8 Å². The molecule has 0 aliphatic heterocycles. The summed E-state index contributed by atoms with van der Waals surface area (Å²) in [5.41, 5.74) is -0.0643. The average Bonchev–Trinajstić information content (AvgIpc) is 2.57. The minimum Gasteiger partial charge on any atom is -0.466 e. The van der Waals surface area contributed by atoms with Crippen LogP contribution in [-0.4, -0.2) is 5.91 Å². The summed E-state index contributed by atoms with van der Waals surface area (Å²) in [6.45, 7) is 8.80. The third-order valence-corrected chi connectivity index (χ3v) is 2.74. The standard InChI is InChI=1S/C13H18N2O2/c1-8-6-11(10(3)17-8)9(2)15-12(16)13(4,5)7-14/h6,9H,1-5H3,(H,15,16). The monoisotopic (exact) mass is 234 g/mol. The SMILES string of the molecule is Cc1cc(C(C)NC(=O)C(C)(C)C#N)c(C)o1. The first-order valence-electron chi connectivity index (χ1n) is 5.57. The normalized spacial score (nSPS) is 12.9. The Hall–Kier alpha value is -1.76. The van der Waals surface area contributed by atoms with Gasteiger partial charge in [0.05, 0.1) is 12.1 Å². The molecule has 0 aliphatic carbocycles. The number of hydrogen-bond donors (Lipinski definition) is 1. The van der Waals surface area contributed by atoms with Crippen molar-refractivity contribution in [2.24, 2.45) is 5.41 Å². The second kappa shape index (κ2) is 4.62. The molecule has 1 amide bonds. The molecule has 1 aromatic rings. The van der Waals surface area contributed by atoms with E-state index in [1.165, 1.54) is 0 Å². The summed E-state index contributed by atoms with van der Waals surface area (Å²) < 4.78 is 5.41. The van der Waals surface area contributed by atoms with Gasteiger partial charge in [-0.3, -0.25) is 4.79 Å². The molecule has 0 fully saturated rings. The zero-order valence-electron chi connectivity index (χ0n) is 10.9. The van der Waals surface area contributed by atoms with Crippen LogP contribution in [-0.2, 0) is 4.79 Å². The van der Waals surface area contributed by atoms with E-state index in [0.717, 1.165) is 17.1 Å². The van der Waals surface area contributed by atoms with Gasteiger partial charge in [0.2, 0.25) is 5.91 Å². The fraction of sp³-hybridized carbons (Fsp3) is 0.538. The molecule has 1 atom stereocenters. The quantitative estimate of drug-likeness (QED) is 0.874. The summed E-state index contributed by atoms with van der Waals surface area (Å²) >= 11 is 0. The highest BCUT2D eigenvalue weighted by molar-refractivity contribution is 5.84. The Kier molecular flexibility index (Phi) is 3.62. The number of carbonyl (C=O) groups is 1. The van der Waals surface area contributed by atoms with Gasteiger partial charge in [-0.2, -0.15) is 5.26 Å². The largest absolute Gasteiger partial charge is 0.466 e. The van der Waals surface area contributed by atoms with Crippen molar-refractivity contribution in [3.05, 3.63) is 23.2 Å². The lowest BCUT2D eigenvalue weighted by molar-refractivity contribution is -0.127. The molecule has 1 heterocycles. The predicted molar refractivity (Wildman–Crippen MR) is 64.1 cm³/mol. The smallest absolute Gasteiger partial charge is 0.240 e. The maximum Gasteiger partial charge on any atom is 0.240 e. The summed E-state index contributed by atoms with van der Waals surface area (Å²) in [6.07, 6.45) is 0. The first-order valence-corrected chi connectivity index (χ1v) is 5.57. The van der Waals surface area contributed by atoms with Gasteiger partial charge in [-0.05, 0) is 40.7 Å². The molecular formula is C13H18N2O2. The second-order valence-corrected chi connectivity index (χ2v) is 4.80. The molecule has 92 valence electrons. The van der Waals surface area contributed by atoms with Gasteiger partial charge in [0.1, 0.15) is 16.9 Å². The number of rotatable bonds is 3. The molecule has 0 aromatic carbocycles. The molecule has 4 nitrogen and oxygen atoms in total. The summed E-state index contributed by atoms with van der Waals surface area (Å²) in [7, 11) is 0. The zero-order valence-corrected chi connectivity index (χ0v) is 10.9. The van der Waals surface area contributed by atoms with Crippen molar-refractivity contribution in [1.29, 1.82) is 5.26 Å². The number of carbonyl (C=O) groups excluding carboxylic acids is 1. The van der Waals surface area contributed by atoms with Gasteiger partial charge in [-0.1, -0.05) is 0 Å². The molecule has 0 radical (unpaired) electrons. The van der Waals surface area contributed by atoms with Crippen LogP contribution in [0.25, 0.3) is 0 Å². The zero-order chi connectivity index (χ0) is 13.2. The second-order valence-electron chi connectivity index (χ2n) is 4.80. The van der Waals surface area contributed by atoms with Gasteiger partial charge >= 0.3 is 0 Å². The molecule has 1 unspecified atom stereocenters. The molecule has 17 heavy (non-hydrogen) atoms. The van der Waals surface area contributed by atoms with Crippen LogP contribution in [0.3, 0.4) is 0 Å². The first kappa shape index (κ1) is 13.3. The van der Waals surface area contributed by atoms with Crippen molar-refractivity contribution < 1.29 is 9.21 Å². The Morgan fingerprint density at radius 3 is 2.53 bits per heavy atom. The summed E-state index contributed by atoms with van der Waals surface area (Å²) in [5.74, 6) is 1.34. The summed E-state index contributed by atoms with van der Waals surface area (Å²) in [5, 5.41) is 11.7. The lowest BCUT2D eigenvalue weighted by Gasteiger charge is -2.19. The molecule has 0 saturated carbocycles. The minimum absolute atomic E-state index is 0.160. The molecule has 1 rings (SSSR count). The molecule has 1 N–H and O–H groups in total. The van der Waals surface area contributed by atoms with Crippen molar-refractivity contribution in [1.82, 2.24) is 5.32 Å². The Bertz CT molecular complexity index is 466. The Morgan fingerprint density at radius 1 is 1.53 bits per heavy atom. The van der Waals surface area contributed by atoms with Crippen LogP contribution in [0.2, 0.25) is 0 Å². The van der Waals surface area contributed by atoms with Gasteiger partial charge < -0.3 is 9.73 Å². The maximum absolute atomic E-state index is 11.8. The molecule has 0 aliphatic rings. The van der Waals surface area contributed by atoms with Crippen LogP contribution in [0.5, 0.6) is 0 Å². The number of nitrogens with zero attached hydrogens (tertiary/aromatic N) is 1.